The third-order valence-electron chi connectivity index (χ3n) is 3.55. The molecule has 1 N–H and O–H groups in total. The molecule has 0 bridgehead atoms. The van der Waals surface area contributed by atoms with Crippen molar-refractivity contribution in [3.8, 4) is 0 Å². The topological polar surface area (TPSA) is 83.9 Å². The second kappa shape index (κ2) is 4.53. The summed E-state index contributed by atoms with van der Waals surface area (Å²) in [5.74, 6) is -1.80. The first-order valence-electron chi connectivity index (χ1n) is 5.81. The van der Waals surface area contributed by atoms with Gasteiger partial charge in [0.05, 0.1) is 5.41 Å². The highest BCUT2D eigenvalue weighted by Crippen LogP contribution is 2.33. The summed E-state index contributed by atoms with van der Waals surface area (Å²) in [4.78, 5) is 35.9. The van der Waals surface area contributed by atoms with Crippen LogP contribution in [0.4, 0.5) is 0 Å². The summed E-state index contributed by atoms with van der Waals surface area (Å²) < 4.78 is 5.15. The highest BCUT2D eigenvalue weighted by Gasteiger charge is 2.45. The number of aliphatic carboxylic acids is 1. The maximum atomic E-state index is 11.8. The molecule has 0 aromatic heterocycles. The van der Waals surface area contributed by atoms with Gasteiger partial charge in [0.15, 0.2) is 0 Å². The second-order valence-corrected chi connectivity index (χ2v) is 4.75. The molecule has 2 aliphatic rings. The zero-order chi connectivity index (χ0) is 13.3. The lowest BCUT2D eigenvalue weighted by molar-refractivity contribution is -0.158. The van der Waals surface area contributed by atoms with Crippen molar-refractivity contribution in [2.24, 2.45) is 5.41 Å². The molecule has 1 saturated heterocycles. The number of carboxylic acid groups (broad SMARTS) is 1. The van der Waals surface area contributed by atoms with Crippen molar-refractivity contribution < 1.29 is 24.2 Å². The van der Waals surface area contributed by atoms with Gasteiger partial charge in [-0.1, -0.05) is 0 Å². The predicted molar refractivity (Wildman–Crippen MR) is 60.6 cm³/mol. The molecule has 0 aliphatic carbocycles. The Kier molecular flexibility index (Phi) is 3.21. The van der Waals surface area contributed by atoms with Crippen LogP contribution in [0.25, 0.3) is 0 Å². The van der Waals surface area contributed by atoms with Gasteiger partial charge in [-0.15, -0.1) is 0 Å². The number of hydrogen-bond donors (Lipinski definition) is 1. The van der Waals surface area contributed by atoms with Crippen LogP contribution < -0.4 is 0 Å². The number of amides is 2. The van der Waals surface area contributed by atoms with E-state index in [1.165, 1.54) is 6.08 Å². The standard InChI is InChI=1S/C12H15NO5/c1-8-6-9(14)13(10(8)15)7-12(11(16)17)2-4-18-5-3-12/h6H,2-5,7H2,1H3,(H,16,17). The Bertz CT molecular complexity index is 434. The van der Waals surface area contributed by atoms with Crippen LogP contribution >= 0.6 is 0 Å². The lowest BCUT2D eigenvalue weighted by Crippen LogP contribution is -2.48. The molecule has 2 amide bonds. The molecule has 0 aromatic rings. The van der Waals surface area contributed by atoms with Crippen LogP contribution in [0.15, 0.2) is 11.6 Å². The van der Waals surface area contributed by atoms with Crippen LogP contribution in [0.3, 0.4) is 0 Å². The van der Waals surface area contributed by atoms with Crippen molar-refractivity contribution in [3.63, 3.8) is 0 Å². The average Bonchev–Trinajstić information content (AvgIpc) is 2.57. The average molecular weight is 253 g/mol. The number of nitrogens with zero attached hydrogens (tertiary/aromatic N) is 1. The van der Waals surface area contributed by atoms with Crippen molar-refractivity contribution in [1.82, 2.24) is 4.90 Å². The van der Waals surface area contributed by atoms with Gasteiger partial charge in [0.1, 0.15) is 0 Å². The minimum atomic E-state index is -1.07. The Morgan fingerprint density at radius 2 is 2.06 bits per heavy atom. The minimum absolute atomic E-state index is 0.0722. The van der Waals surface area contributed by atoms with Crippen molar-refractivity contribution in [2.45, 2.75) is 19.8 Å². The Morgan fingerprint density at radius 3 is 2.50 bits per heavy atom. The van der Waals surface area contributed by atoms with Gasteiger partial charge in [0.2, 0.25) is 0 Å². The van der Waals surface area contributed by atoms with E-state index in [0.29, 0.717) is 31.6 Å². The molecule has 1 fully saturated rings. The number of ether oxygens (including phenoxy) is 1. The normalized spacial score (nSPS) is 23.2. The van der Waals surface area contributed by atoms with Gasteiger partial charge in [-0.2, -0.15) is 0 Å². The van der Waals surface area contributed by atoms with Crippen LogP contribution in [0.1, 0.15) is 19.8 Å². The Hall–Kier alpha value is -1.69. The monoisotopic (exact) mass is 253 g/mol. The zero-order valence-corrected chi connectivity index (χ0v) is 10.1. The van der Waals surface area contributed by atoms with E-state index in [1.54, 1.807) is 6.92 Å². The third kappa shape index (κ3) is 2.03. The summed E-state index contributed by atoms with van der Waals surface area (Å²) in [6, 6.07) is 0. The van der Waals surface area contributed by atoms with Gasteiger partial charge >= 0.3 is 5.97 Å². The van der Waals surface area contributed by atoms with E-state index >= 15 is 0 Å². The fourth-order valence-corrected chi connectivity index (χ4v) is 2.29. The van der Waals surface area contributed by atoms with Crippen molar-refractivity contribution in [1.29, 1.82) is 0 Å². The molecule has 2 heterocycles. The summed E-state index contributed by atoms with van der Waals surface area (Å²) in [6.45, 7) is 2.17. The molecule has 0 aromatic carbocycles. The van der Waals surface area contributed by atoms with E-state index in [1.807, 2.05) is 0 Å². The number of imide groups is 1. The maximum absolute atomic E-state index is 11.8. The molecule has 0 unspecified atom stereocenters. The molecule has 0 atom stereocenters. The Labute approximate surface area is 104 Å². The number of carbonyl (C=O) groups is 3. The number of carboxylic acids is 1. The fourth-order valence-electron chi connectivity index (χ4n) is 2.29. The molecule has 18 heavy (non-hydrogen) atoms. The highest BCUT2D eigenvalue weighted by molar-refractivity contribution is 6.16. The molecule has 6 heteroatoms. The summed E-state index contributed by atoms with van der Waals surface area (Å²) in [5.41, 5.74) is -0.713. The molecular weight excluding hydrogens is 238 g/mol. The largest absolute Gasteiger partial charge is 0.481 e. The van der Waals surface area contributed by atoms with Crippen LogP contribution in [0, 0.1) is 5.41 Å². The summed E-state index contributed by atoms with van der Waals surface area (Å²) >= 11 is 0. The van der Waals surface area contributed by atoms with Crippen molar-refractivity contribution in [3.05, 3.63) is 11.6 Å². The third-order valence-corrected chi connectivity index (χ3v) is 3.55. The van der Waals surface area contributed by atoms with Crippen LogP contribution in [-0.4, -0.2) is 47.5 Å². The molecule has 0 spiro atoms. The van der Waals surface area contributed by atoms with Gasteiger partial charge < -0.3 is 9.84 Å². The Balaban J connectivity index is 2.18. The quantitative estimate of drug-likeness (QED) is 0.725. The van der Waals surface area contributed by atoms with E-state index in [4.69, 9.17) is 4.74 Å². The van der Waals surface area contributed by atoms with Crippen molar-refractivity contribution >= 4 is 17.8 Å². The van der Waals surface area contributed by atoms with Crippen LogP contribution in [0.2, 0.25) is 0 Å². The smallest absolute Gasteiger partial charge is 0.311 e. The first-order chi connectivity index (χ1) is 8.46. The molecule has 0 radical (unpaired) electrons. The minimum Gasteiger partial charge on any atom is -0.481 e. The number of carbonyl (C=O) groups excluding carboxylic acids is 2. The molecule has 2 aliphatic heterocycles. The first-order valence-corrected chi connectivity index (χ1v) is 5.81. The molecule has 6 nitrogen and oxygen atoms in total. The highest BCUT2D eigenvalue weighted by atomic mass is 16.5. The van der Waals surface area contributed by atoms with E-state index in [2.05, 4.69) is 0 Å². The van der Waals surface area contributed by atoms with Gasteiger partial charge in [0, 0.05) is 31.4 Å². The van der Waals surface area contributed by atoms with Gasteiger partial charge in [-0.25, -0.2) is 0 Å². The van der Waals surface area contributed by atoms with Gasteiger partial charge in [-0.05, 0) is 19.8 Å². The van der Waals surface area contributed by atoms with E-state index in [0.717, 1.165) is 4.90 Å². The summed E-state index contributed by atoms with van der Waals surface area (Å²) in [5, 5.41) is 9.37. The lowest BCUT2D eigenvalue weighted by Gasteiger charge is -2.35. The number of rotatable bonds is 3. The van der Waals surface area contributed by atoms with E-state index in [9.17, 15) is 19.5 Å². The maximum Gasteiger partial charge on any atom is 0.311 e. The Morgan fingerprint density at radius 1 is 1.44 bits per heavy atom. The molecular formula is C12H15NO5. The van der Waals surface area contributed by atoms with E-state index in [-0.39, 0.29) is 6.54 Å². The molecule has 2 rings (SSSR count). The lowest BCUT2D eigenvalue weighted by atomic mass is 9.79. The first kappa shape index (κ1) is 12.8. The summed E-state index contributed by atoms with van der Waals surface area (Å²) in [7, 11) is 0. The van der Waals surface area contributed by atoms with Crippen LogP contribution in [0.5, 0.6) is 0 Å². The van der Waals surface area contributed by atoms with E-state index < -0.39 is 23.2 Å². The molecule has 0 saturated carbocycles. The second-order valence-electron chi connectivity index (χ2n) is 4.75. The zero-order valence-electron chi connectivity index (χ0n) is 10.1. The fraction of sp³-hybridized carbons (Fsp3) is 0.583. The van der Waals surface area contributed by atoms with Crippen LogP contribution in [-0.2, 0) is 19.1 Å². The summed E-state index contributed by atoms with van der Waals surface area (Å²) in [6.07, 6.45) is 1.88. The van der Waals surface area contributed by atoms with Gasteiger partial charge in [-0.3, -0.25) is 19.3 Å². The SMILES string of the molecule is CC1=CC(=O)N(CC2(C(=O)O)CCOCC2)C1=O. The number of hydrogen-bond acceptors (Lipinski definition) is 4. The van der Waals surface area contributed by atoms with Crippen molar-refractivity contribution in [2.75, 3.05) is 19.8 Å². The molecule has 98 valence electrons. The predicted octanol–water partition coefficient (Wildman–Crippen LogP) is 0.183. The van der Waals surface area contributed by atoms with Gasteiger partial charge in [0.25, 0.3) is 11.8 Å².